The zero-order valence-corrected chi connectivity index (χ0v) is 13.7. The second-order valence-corrected chi connectivity index (χ2v) is 5.07. The van der Waals surface area contributed by atoms with Crippen molar-refractivity contribution in [2.45, 2.75) is 46.0 Å². The van der Waals surface area contributed by atoms with Crippen molar-refractivity contribution in [1.82, 2.24) is 0 Å². The van der Waals surface area contributed by atoms with Crippen molar-refractivity contribution in [3.8, 4) is 0 Å². The molecule has 0 radical (unpaired) electrons. The number of carbonyl (C=O) groups is 1. The topological polar surface area (TPSA) is 43.1 Å². The Morgan fingerprint density at radius 2 is 1.41 bits per heavy atom. The number of fused-ring (bicyclic) bond motifs is 1. The first-order chi connectivity index (χ1) is 10.8. The monoisotopic (exact) mass is 297 g/mol. The molecule has 0 aliphatic heterocycles. The second kappa shape index (κ2) is 10.6. The summed E-state index contributed by atoms with van der Waals surface area (Å²) in [5.74, 6) is -0.242. The van der Waals surface area contributed by atoms with E-state index in [1.54, 1.807) is 11.1 Å². The van der Waals surface area contributed by atoms with Crippen molar-refractivity contribution in [3.63, 3.8) is 0 Å². The fourth-order valence-corrected chi connectivity index (χ4v) is 2.43. The first kappa shape index (κ1) is 18.0. The highest BCUT2D eigenvalue weighted by molar-refractivity contribution is 5.73. The Labute approximate surface area is 134 Å². The van der Waals surface area contributed by atoms with E-state index in [0.717, 1.165) is 12.0 Å². The van der Waals surface area contributed by atoms with Crippen LogP contribution in [0.2, 0.25) is 0 Å². The van der Waals surface area contributed by atoms with Gasteiger partial charge >= 0.3 is 0 Å². The molecular weight excluding hydrogens is 270 g/mol. The Morgan fingerprint density at radius 3 is 1.91 bits per heavy atom. The first-order valence-electron chi connectivity index (χ1n) is 8.15. The van der Waals surface area contributed by atoms with Crippen LogP contribution in [0.5, 0.6) is 0 Å². The molecule has 0 bridgehead atoms. The van der Waals surface area contributed by atoms with Crippen LogP contribution >= 0.6 is 0 Å². The van der Waals surface area contributed by atoms with E-state index >= 15 is 0 Å². The van der Waals surface area contributed by atoms with E-state index in [1.165, 1.54) is 19.3 Å². The largest absolute Gasteiger partial charge is 0.370 e. The molecule has 1 aliphatic carbocycles. The van der Waals surface area contributed by atoms with Gasteiger partial charge in [0.05, 0.1) is 0 Å². The summed E-state index contributed by atoms with van der Waals surface area (Å²) in [7, 11) is 0. The molecule has 3 rings (SSSR count). The molecular formula is C20H27NO. The van der Waals surface area contributed by atoms with Crippen molar-refractivity contribution in [1.29, 1.82) is 0 Å². The van der Waals surface area contributed by atoms with Crippen LogP contribution in [0, 0.1) is 0 Å². The number of nitrogens with two attached hydrogens (primary N) is 1. The third-order valence-electron chi connectivity index (χ3n) is 3.51. The van der Waals surface area contributed by atoms with Gasteiger partial charge < -0.3 is 5.73 Å². The predicted octanol–water partition coefficient (Wildman–Crippen LogP) is 4.31. The van der Waals surface area contributed by atoms with Gasteiger partial charge in [0.2, 0.25) is 5.91 Å². The summed E-state index contributed by atoms with van der Waals surface area (Å²) in [6.45, 7) is 4.00. The maximum Gasteiger partial charge on any atom is 0.217 e. The summed E-state index contributed by atoms with van der Waals surface area (Å²) in [5.41, 5.74) is 9.29. The normalized spacial score (nSPS) is 11.4. The number of hydrogen-bond acceptors (Lipinski definition) is 1. The standard InChI is InChI=1S/C9H11NO.C9H10.C2H6/c10-9(11)7-6-8-4-2-1-3-5-8;1-2-5-9-7-3-6-8(9)4-1;1-2/h1-5H,6-7H2,(H2,10,11);1-2,4-5H,3,6-7H2;1-2H3. The maximum atomic E-state index is 10.4. The van der Waals surface area contributed by atoms with Crippen LogP contribution in [0.3, 0.4) is 0 Å². The Hall–Kier alpha value is -2.09. The van der Waals surface area contributed by atoms with Gasteiger partial charge in [-0.1, -0.05) is 68.4 Å². The molecule has 2 aromatic carbocycles. The van der Waals surface area contributed by atoms with Gasteiger partial charge in [-0.05, 0) is 42.4 Å². The Morgan fingerprint density at radius 1 is 0.909 bits per heavy atom. The molecule has 2 N–H and O–H groups in total. The van der Waals surface area contributed by atoms with E-state index in [9.17, 15) is 4.79 Å². The van der Waals surface area contributed by atoms with E-state index in [1.807, 2.05) is 44.2 Å². The Kier molecular flexibility index (Phi) is 8.66. The molecule has 0 unspecified atom stereocenters. The van der Waals surface area contributed by atoms with Crippen molar-refractivity contribution in [3.05, 3.63) is 71.3 Å². The second-order valence-electron chi connectivity index (χ2n) is 5.07. The molecule has 1 amide bonds. The number of benzene rings is 2. The molecule has 118 valence electrons. The Bertz CT molecular complexity index is 526. The van der Waals surface area contributed by atoms with Crippen molar-refractivity contribution in [2.75, 3.05) is 0 Å². The number of carbonyl (C=O) groups excluding carboxylic acids is 1. The van der Waals surface area contributed by atoms with Gasteiger partial charge in [-0.25, -0.2) is 0 Å². The third kappa shape index (κ3) is 6.57. The predicted molar refractivity (Wildman–Crippen MR) is 93.8 cm³/mol. The van der Waals surface area contributed by atoms with Gasteiger partial charge in [0, 0.05) is 6.42 Å². The fourth-order valence-electron chi connectivity index (χ4n) is 2.43. The van der Waals surface area contributed by atoms with Crippen LogP contribution in [0.4, 0.5) is 0 Å². The first-order valence-corrected chi connectivity index (χ1v) is 8.15. The average Bonchev–Trinajstić information content (AvgIpc) is 3.05. The molecule has 2 aromatic rings. The average molecular weight is 297 g/mol. The highest BCUT2D eigenvalue weighted by Gasteiger charge is 2.07. The van der Waals surface area contributed by atoms with Gasteiger partial charge in [-0.3, -0.25) is 4.79 Å². The van der Waals surface area contributed by atoms with Gasteiger partial charge in [-0.2, -0.15) is 0 Å². The quantitative estimate of drug-likeness (QED) is 0.901. The minimum Gasteiger partial charge on any atom is -0.370 e. The molecule has 0 fully saturated rings. The molecule has 0 heterocycles. The number of primary amides is 1. The number of aryl methyl sites for hydroxylation is 3. The third-order valence-corrected chi connectivity index (χ3v) is 3.51. The molecule has 2 nitrogen and oxygen atoms in total. The van der Waals surface area contributed by atoms with E-state index in [0.29, 0.717) is 6.42 Å². The molecule has 2 heteroatoms. The summed E-state index contributed by atoms with van der Waals surface area (Å²) >= 11 is 0. The minimum atomic E-state index is -0.242. The van der Waals surface area contributed by atoms with E-state index in [4.69, 9.17) is 5.73 Å². The van der Waals surface area contributed by atoms with Crippen LogP contribution in [0.1, 0.15) is 43.4 Å². The van der Waals surface area contributed by atoms with Gasteiger partial charge in [0.15, 0.2) is 0 Å². The highest BCUT2D eigenvalue weighted by atomic mass is 16.1. The summed E-state index contributed by atoms with van der Waals surface area (Å²) in [4.78, 5) is 10.4. The van der Waals surface area contributed by atoms with Crippen LogP contribution < -0.4 is 5.73 Å². The molecule has 22 heavy (non-hydrogen) atoms. The van der Waals surface area contributed by atoms with Gasteiger partial charge in [0.25, 0.3) is 0 Å². The molecule has 1 aliphatic rings. The lowest BCUT2D eigenvalue weighted by molar-refractivity contribution is -0.117. The molecule has 0 spiro atoms. The van der Waals surface area contributed by atoms with Crippen molar-refractivity contribution >= 4 is 5.91 Å². The van der Waals surface area contributed by atoms with Crippen molar-refractivity contribution < 1.29 is 4.79 Å². The lowest BCUT2D eigenvalue weighted by atomic mass is 10.1. The van der Waals surface area contributed by atoms with Crippen LogP contribution in [0.25, 0.3) is 0 Å². The van der Waals surface area contributed by atoms with E-state index in [-0.39, 0.29) is 5.91 Å². The van der Waals surface area contributed by atoms with Gasteiger partial charge in [0.1, 0.15) is 0 Å². The van der Waals surface area contributed by atoms with E-state index < -0.39 is 0 Å². The summed E-state index contributed by atoms with van der Waals surface area (Å²) < 4.78 is 0. The van der Waals surface area contributed by atoms with Crippen LogP contribution in [-0.4, -0.2) is 5.91 Å². The highest BCUT2D eigenvalue weighted by Crippen LogP contribution is 2.20. The summed E-state index contributed by atoms with van der Waals surface area (Å²) in [6, 6.07) is 18.6. The van der Waals surface area contributed by atoms with Crippen LogP contribution in [-0.2, 0) is 24.1 Å². The smallest absolute Gasteiger partial charge is 0.217 e. The maximum absolute atomic E-state index is 10.4. The number of rotatable bonds is 3. The zero-order chi connectivity index (χ0) is 16.2. The Balaban J connectivity index is 0.000000200. The minimum absolute atomic E-state index is 0.242. The fraction of sp³-hybridized carbons (Fsp3) is 0.350. The number of hydrogen-bond donors (Lipinski definition) is 1. The molecule has 0 saturated carbocycles. The molecule has 0 saturated heterocycles. The molecule has 0 atom stereocenters. The van der Waals surface area contributed by atoms with E-state index in [2.05, 4.69) is 24.3 Å². The summed E-state index contributed by atoms with van der Waals surface area (Å²) in [5, 5.41) is 0. The number of amides is 1. The lowest BCUT2D eigenvalue weighted by Gasteiger charge is -1.96. The van der Waals surface area contributed by atoms with Crippen molar-refractivity contribution in [2.24, 2.45) is 5.73 Å². The molecule has 0 aromatic heterocycles. The van der Waals surface area contributed by atoms with Gasteiger partial charge in [-0.15, -0.1) is 0 Å². The zero-order valence-electron chi connectivity index (χ0n) is 13.7. The SMILES string of the molecule is CC.NC(=O)CCc1ccccc1.c1ccc2c(c1)CCC2. The summed E-state index contributed by atoms with van der Waals surface area (Å²) in [6.07, 6.45) is 5.14. The van der Waals surface area contributed by atoms with Crippen LogP contribution in [0.15, 0.2) is 54.6 Å². The lowest BCUT2D eigenvalue weighted by Crippen LogP contribution is -2.10.